The van der Waals surface area contributed by atoms with Gasteiger partial charge < -0.3 is 14.6 Å². The van der Waals surface area contributed by atoms with E-state index < -0.39 is 5.41 Å². The minimum absolute atomic E-state index is 0.273. The first-order valence-corrected chi connectivity index (χ1v) is 8.07. The summed E-state index contributed by atoms with van der Waals surface area (Å²) in [7, 11) is 1.63. The molecule has 2 aliphatic rings. The second-order valence-electron chi connectivity index (χ2n) is 6.55. The lowest BCUT2D eigenvalue weighted by Gasteiger charge is -2.33. The van der Waals surface area contributed by atoms with E-state index in [1.165, 1.54) is 12.8 Å². The summed E-state index contributed by atoms with van der Waals surface area (Å²) in [5.74, 6) is 2.11. The molecule has 0 saturated heterocycles. The number of nitriles is 1. The van der Waals surface area contributed by atoms with Crippen LogP contribution in [0.1, 0.15) is 44.1 Å². The molecule has 4 nitrogen and oxygen atoms in total. The molecular formula is C18H23NO3. The molecule has 1 aromatic carbocycles. The average Bonchev–Trinajstić information content (AvgIpc) is 3.38. The fraction of sp³-hybridized carbons (Fsp3) is 0.611. The summed E-state index contributed by atoms with van der Waals surface area (Å²) in [4.78, 5) is 0. The van der Waals surface area contributed by atoms with E-state index in [-0.39, 0.29) is 6.10 Å². The zero-order valence-corrected chi connectivity index (χ0v) is 13.0. The van der Waals surface area contributed by atoms with E-state index in [0.29, 0.717) is 37.4 Å². The number of aliphatic hydroxyl groups excluding tert-OH is 1. The van der Waals surface area contributed by atoms with Crippen LogP contribution in [0.15, 0.2) is 18.2 Å². The molecule has 2 aliphatic carbocycles. The fourth-order valence-corrected chi connectivity index (χ4v) is 3.14. The van der Waals surface area contributed by atoms with Crippen molar-refractivity contribution in [2.75, 3.05) is 13.7 Å². The average molecular weight is 301 g/mol. The van der Waals surface area contributed by atoms with Gasteiger partial charge >= 0.3 is 0 Å². The number of rotatable bonds is 5. The lowest BCUT2D eigenvalue weighted by molar-refractivity contribution is 0.109. The molecule has 118 valence electrons. The number of hydrogen-bond acceptors (Lipinski definition) is 4. The lowest BCUT2D eigenvalue weighted by Crippen LogP contribution is -2.32. The number of benzene rings is 1. The van der Waals surface area contributed by atoms with Crippen molar-refractivity contribution < 1.29 is 14.6 Å². The van der Waals surface area contributed by atoms with Crippen LogP contribution < -0.4 is 9.47 Å². The Morgan fingerprint density at radius 3 is 2.55 bits per heavy atom. The summed E-state index contributed by atoms with van der Waals surface area (Å²) < 4.78 is 11.3. The zero-order chi connectivity index (χ0) is 15.6. The van der Waals surface area contributed by atoms with Crippen molar-refractivity contribution in [2.45, 2.75) is 50.0 Å². The molecule has 1 N–H and O–H groups in total. The summed E-state index contributed by atoms with van der Waals surface area (Å²) in [6.07, 6.45) is 4.95. The van der Waals surface area contributed by atoms with Crippen LogP contribution in [0.25, 0.3) is 0 Å². The molecule has 0 spiro atoms. The molecule has 22 heavy (non-hydrogen) atoms. The zero-order valence-electron chi connectivity index (χ0n) is 13.0. The predicted octanol–water partition coefficient (Wildman–Crippen LogP) is 3.18. The second-order valence-corrected chi connectivity index (χ2v) is 6.55. The molecule has 1 aromatic rings. The number of methoxy groups -OCH3 is 1. The van der Waals surface area contributed by atoms with E-state index in [2.05, 4.69) is 6.07 Å². The van der Waals surface area contributed by atoms with Crippen molar-refractivity contribution in [3.8, 4) is 17.6 Å². The van der Waals surface area contributed by atoms with Crippen LogP contribution in [0.5, 0.6) is 11.5 Å². The Kier molecular flexibility index (Phi) is 4.26. The summed E-state index contributed by atoms with van der Waals surface area (Å²) in [6, 6.07) is 8.30. The quantitative estimate of drug-likeness (QED) is 0.907. The van der Waals surface area contributed by atoms with Crippen molar-refractivity contribution in [2.24, 2.45) is 5.92 Å². The van der Waals surface area contributed by atoms with Crippen molar-refractivity contribution in [3.05, 3.63) is 23.8 Å². The van der Waals surface area contributed by atoms with Crippen molar-refractivity contribution in [1.82, 2.24) is 0 Å². The number of nitrogens with zero attached hydrogens (tertiary/aromatic N) is 1. The predicted molar refractivity (Wildman–Crippen MR) is 83.0 cm³/mol. The van der Waals surface area contributed by atoms with Crippen LogP contribution in [0.2, 0.25) is 0 Å². The van der Waals surface area contributed by atoms with E-state index in [4.69, 9.17) is 9.47 Å². The van der Waals surface area contributed by atoms with Gasteiger partial charge in [0.2, 0.25) is 0 Å². The molecule has 0 aromatic heterocycles. The van der Waals surface area contributed by atoms with E-state index in [0.717, 1.165) is 17.9 Å². The van der Waals surface area contributed by atoms with Gasteiger partial charge in [-0.05, 0) is 62.1 Å². The van der Waals surface area contributed by atoms with E-state index in [1.54, 1.807) is 7.11 Å². The van der Waals surface area contributed by atoms with Gasteiger partial charge in [-0.2, -0.15) is 5.26 Å². The highest BCUT2D eigenvalue weighted by Crippen LogP contribution is 2.42. The Hall–Kier alpha value is -1.73. The molecule has 0 amide bonds. The summed E-state index contributed by atoms with van der Waals surface area (Å²) in [5.41, 5.74) is 0.469. The van der Waals surface area contributed by atoms with Crippen LogP contribution in [0.3, 0.4) is 0 Å². The molecule has 4 heteroatoms. The maximum Gasteiger partial charge on any atom is 0.161 e. The van der Waals surface area contributed by atoms with Crippen LogP contribution >= 0.6 is 0 Å². The van der Waals surface area contributed by atoms with Crippen molar-refractivity contribution >= 4 is 0 Å². The molecule has 0 aliphatic heterocycles. The van der Waals surface area contributed by atoms with Gasteiger partial charge in [-0.3, -0.25) is 0 Å². The molecule has 0 bridgehead atoms. The lowest BCUT2D eigenvalue weighted by atomic mass is 9.70. The molecule has 0 heterocycles. The molecule has 0 unspecified atom stereocenters. The molecule has 0 atom stereocenters. The third-order valence-electron chi connectivity index (χ3n) is 4.91. The van der Waals surface area contributed by atoms with Crippen LogP contribution in [-0.4, -0.2) is 24.9 Å². The monoisotopic (exact) mass is 301 g/mol. The molecule has 3 rings (SSSR count). The third-order valence-corrected chi connectivity index (χ3v) is 4.91. The van der Waals surface area contributed by atoms with Gasteiger partial charge in [0.1, 0.15) is 0 Å². The highest BCUT2D eigenvalue weighted by Gasteiger charge is 2.37. The van der Waals surface area contributed by atoms with Crippen LogP contribution in [0.4, 0.5) is 0 Å². The van der Waals surface area contributed by atoms with Gasteiger partial charge in [-0.25, -0.2) is 0 Å². The maximum absolute atomic E-state index is 9.72. The Morgan fingerprint density at radius 1 is 1.23 bits per heavy atom. The van der Waals surface area contributed by atoms with Gasteiger partial charge in [-0.1, -0.05) is 6.07 Å². The van der Waals surface area contributed by atoms with E-state index >= 15 is 0 Å². The topological polar surface area (TPSA) is 62.5 Å². The number of hydrogen-bond donors (Lipinski definition) is 1. The molecular weight excluding hydrogens is 278 g/mol. The standard InChI is InChI=1S/C18H23NO3/c1-21-16-5-4-14(10-17(16)22-11-13-2-3-13)18(12-19)8-6-15(20)7-9-18/h4-5,10,13,15,20H,2-3,6-9,11H2,1H3. The summed E-state index contributed by atoms with van der Waals surface area (Å²) >= 11 is 0. The first-order chi connectivity index (χ1) is 10.7. The van der Waals surface area contributed by atoms with Gasteiger partial charge in [0.25, 0.3) is 0 Å². The fourth-order valence-electron chi connectivity index (χ4n) is 3.14. The second kappa shape index (κ2) is 6.18. The Labute approximate surface area is 131 Å². The summed E-state index contributed by atoms with van der Waals surface area (Å²) in [6.45, 7) is 0.720. The van der Waals surface area contributed by atoms with Gasteiger partial charge in [0, 0.05) is 0 Å². The maximum atomic E-state index is 9.72. The van der Waals surface area contributed by atoms with Gasteiger partial charge in [-0.15, -0.1) is 0 Å². The van der Waals surface area contributed by atoms with E-state index in [9.17, 15) is 10.4 Å². The minimum atomic E-state index is -0.511. The largest absolute Gasteiger partial charge is 0.493 e. The van der Waals surface area contributed by atoms with Crippen LogP contribution in [-0.2, 0) is 5.41 Å². The molecule has 2 fully saturated rings. The highest BCUT2D eigenvalue weighted by molar-refractivity contribution is 5.47. The SMILES string of the molecule is COc1ccc(C2(C#N)CCC(O)CC2)cc1OCC1CC1. The van der Waals surface area contributed by atoms with Gasteiger partial charge in [0.05, 0.1) is 31.3 Å². The molecule has 2 saturated carbocycles. The highest BCUT2D eigenvalue weighted by atomic mass is 16.5. The smallest absolute Gasteiger partial charge is 0.161 e. The van der Waals surface area contributed by atoms with E-state index in [1.807, 2.05) is 18.2 Å². The first kappa shape index (κ1) is 15.2. The Morgan fingerprint density at radius 2 is 1.95 bits per heavy atom. The van der Waals surface area contributed by atoms with Crippen LogP contribution in [0, 0.1) is 17.2 Å². The normalized spacial score (nSPS) is 28.0. The Balaban J connectivity index is 1.85. The minimum Gasteiger partial charge on any atom is -0.493 e. The molecule has 0 radical (unpaired) electrons. The summed E-state index contributed by atoms with van der Waals surface area (Å²) in [5, 5.41) is 19.4. The Bertz CT molecular complexity index is 566. The first-order valence-electron chi connectivity index (χ1n) is 8.07. The van der Waals surface area contributed by atoms with Gasteiger partial charge in [0.15, 0.2) is 11.5 Å². The van der Waals surface area contributed by atoms with Crippen molar-refractivity contribution in [1.29, 1.82) is 5.26 Å². The third kappa shape index (κ3) is 3.05. The van der Waals surface area contributed by atoms with Crippen molar-refractivity contribution in [3.63, 3.8) is 0 Å². The number of aliphatic hydroxyl groups is 1. The number of ether oxygens (including phenoxy) is 2.